The summed E-state index contributed by atoms with van der Waals surface area (Å²) in [4.78, 5) is 11.2. The zero-order valence-electron chi connectivity index (χ0n) is 18.4. The molecule has 0 radical (unpaired) electrons. The molecule has 4 saturated carbocycles. The number of non-ortho nitro benzene ring substituents is 1. The first-order chi connectivity index (χ1) is 15.0. The van der Waals surface area contributed by atoms with E-state index in [1.165, 1.54) is 44.2 Å². The summed E-state index contributed by atoms with van der Waals surface area (Å²) < 4.78 is 2.23. The van der Waals surface area contributed by atoms with E-state index in [1.54, 1.807) is 12.1 Å². The van der Waals surface area contributed by atoms with Gasteiger partial charge < -0.3 is 9.88 Å². The summed E-state index contributed by atoms with van der Waals surface area (Å²) in [5.41, 5.74) is 4.94. The largest absolute Gasteiger partial charge is 0.346 e. The molecule has 0 amide bonds. The molecule has 1 aromatic heterocycles. The van der Waals surface area contributed by atoms with Gasteiger partial charge in [0, 0.05) is 53.4 Å². The molecule has 0 aliphatic heterocycles. The third-order valence-electron chi connectivity index (χ3n) is 8.25. The monoisotopic (exact) mass is 451 g/mol. The summed E-state index contributed by atoms with van der Waals surface area (Å²) in [6.07, 6.45) is 8.26. The normalized spacial score (nSPS) is 28.1. The fraction of sp³-hybridized carbons (Fsp3) is 0.462. The van der Waals surface area contributed by atoms with E-state index in [0.29, 0.717) is 0 Å². The molecule has 6 heteroatoms. The Bertz CT molecular complexity index is 1140. The highest BCUT2D eigenvalue weighted by molar-refractivity contribution is 5.99. The van der Waals surface area contributed by atoms with Gasteiger partial charge in [0.2, 0.25) is 0 Å². The number of nitro benzene ring substituents is 1. The van der Waals surface area contributed by atoms with Gasteiger partial charge in [0.15, 0.2) is 0 Å². The van der Waals surface area contributed by atoms with Gasteiger partial charge in [-0.3, -0.25) is 10.1 Å². The molecule has 4 bridgehead atoms. The lowest BCUT2D eigenvalue weighted by molar-refractivity contribution is -0.384. The number of nitrogens with one attached hydrogen (secondary N) is 1. The standard InChI is InChI=1S/C26H29N3O2.ClH/c1-28-23-8-7-21(29(30)31)12-22(23)25(20-5-3-2-4-6-20)24(28)16-27-26-13-17-9-18(14-26)11-19(10-17)15-26;/h2-8,12,17-19,27H,9-11,13-16H2,1H3;1H. The molecule has 1 N–H and O–H groups in total. The molecule has 4 fully saturated rings. The van der Waals surface area contributed by atoms with Crippen molar-refractivity contribution in [3.8, 4) is 11.1 Å². The Morgan fingerprint density at radius 2 is 1.66 bits per heavy atom. The van der Waals surface area contributed by atoms with Crippen LogP contribution in [0.2, 0.25) is 0 Å². The number of aromatic nitrogens is 1. The highest BCUT2D eigenvalue weighted by Gasteiger charge is 2.50. The van der Waals surface area contributed by atoms with Gasteiger partial charge in [0.1, 0.15) is 0 Å². The van der Waals surface area contributed by atoms with Crippen molar-refractivity contribution in [3.63, 3.8) is 0 Å². The zero-order chi connectivity index (χ0) is 21.2. The van der Waals surface area contributed by atoms with Crippen molar-refractivity contribution in [2.45, 2.75) is 50.6 Å². The van der Waals surface area contributed by atoms with Crippen LogP contribution in [0.5, 0.6) is 0 Å². The number of nitrogens with zero attached hydrogens (tertiary/aromatic N) is 2. The third-order valence-corrected chi connectivity index (χ3v) is 8.25. The summed E-state index contributed by atoms with van der Waals surface area (Å²) in [5, 5.41) is 16.5. The molecule has 5 nitrogen and oxygen atoms in total. The molecule has 0 saturated heterocycles. The van der Waals surface area contributed by atoms with E-state index in [-0.39, 0.29) is 28.6 Å². The molecule has 0 spiro atoms. The van der Waals surface area contributed by atoms with Crippen molar-refractivity contribution in [1.29, 1.82) is 0 Å². The van der Waals surface area contributed by atoms with Crippen LogP contribution in [0.15, 0.2) is 48.5 Å². The van der Waals surface area contributed by atoms with Gasteiger partial charge in [-0.1, -0.05) is 30.3 Å². The molecule has 0 atom stereocenters. The van der Waals surface area contributed by atoms with Crippen LogP contribution in [0.4, 0.5) is 5.69 Å². The van der Waals surface area contributed by atoms with Gasteiger partial charge in [-0.25, -0.2) is 0 Å². The summed E-state index contributed by atoms with van der Waals surface area (Å²) in [7, 11) is 2.09. The van der Waals surface area contributed by atoms with E-state index in [0.717, 1.165) is 46.3 Å². The van der Waals surface area contributed by atoms with Crippen molar-refractivity contribution >= 4 is 29.0 Å². The molecule has 0 unspecified atom stereocenters. The van der Waals surface area contributed by atoms with Crippen molar-refractivity contribution < 1.29 is 4.92 Å². The molecule has 4 aliphatic rings. The SMILES string of the molecule is Cl.Cn1c(CNC23CC4CC(CC(C4)C2)C3)c(-c2ccccc2)c2cc([N+](=O)[O-])ccc21. The Labute approximate surface area is 194 Å². The smallest absolute Gasteiger partial charge is 0.270 e. The number of fused-ring (bicyclic) bond motifs is 1. The Balaban J connectivity index is 0.00000216. The predicted octanol–water partition coefficient (Wildman–Crippen LogP) is 6.23. The van der Waals surface area contributed by atoms with Crippen LogP contribution in [0, 0.1) is 27.9 Å². The minimum Gasteiger partial charge on any atom is -0.346 e. The van der Waals surface area contributed by atoms with Crippen LogP contribution < -0.4 is 5.32 Å². The van der Waals surface area contributed by atoms with E-state index in [1.807, 2.05) is 24.3 Å². The number of benzene rings is 2. The van der Waals surface area contributed by atoms with E-state index in [9.17, 15) is 10.1 Å². The third kappa shape index (κ3) is 3.43. The first-order valence-electron chi connectivity index (χ1n) is 11.6. The van der Waals surface area contributed by atoms with Gasteiger partial charge in [0.25, 0.3) is 5.69 Å². The molecule has 1 heterocycles. The fourth-order valence-corrected chi connectivity index (χ4v) is 7.33. The Hall–Kier alpha value is -2.37. The maximum absolute atomic E-state index is 11.5. The lowest BCUT2D eigenvalue weighted by atomic mass is 9.53. The van der Waals surface area contributed by atoms with E-state index >= 15 is 0 Å². The van der Waals surface area contributed by atoms with Crippen molar-refractivity contribution in [1.82, 2.24) is 9.88 Å². The summed E-state index contributed by atoms with van der Waals surface area (Å²) >= 11 is 0. The van der Waals surface area contributed by atoms with Gasteiger partial charge in [-0.2, -0.15) is 0 Å². The van der Waals surface area contributed by atoms with Crippen LogP contribution in [-0.4, -0.2) is 15.0 Å². The highest BCUT2D eigenvalue weighted by Crippen LogP contribution is 2.55. The quantitative estimate of drug-likeness (QED) is 0.369. The number of hydrogen-bond acceptors (Lipinski definition) is 3. The number of halogens is 1. The zero-order valence-corrected chi connectivity index (χ0v) is 19.2. The number of aryl methyl sites for hydroxylation is 1. The van der Waals surface area contributed by atoms with Crippen LogP contribution in [0.25, 0.3) is 22.0 Å². The van der Waals surface area contributed by atoms with Crippen LogP contribution in [0.1, 0.15) is 44.2 Å². The number of nitro groups is 1. The molecule has 7 rings (SSSR count). The number of rotatable bonds is 5. The minimum absolute atomic E-state index is 0. The molecule has 4 aliphatic carbocycles. The lowest BCUT2D eigenvalue weighted by Crippen LogP contribution is -2.58. The maximum atomic E-state index is 11.5. The average molecular weight is 452 g/mol. The second-order valence-electron chi connectivity index (χ2n) is 10.3. The van der Waals surface area contributed by atoms with E-state index in [2.05, 4.69) is 29.1 Å². The minimum atomic E-state index is -0.297. The highest BCUT2D eigenvalue weighted by atomic mass is 35.5. The Morgan fingerprint density at radius 3 is 2.25 bits per heavy atom. The van der Waals surface area contributed by atoms with Crippen LogP contribution >= 0.6 is 12.4 Å². The van der Waals surface area contributed by atoms with Crippen LogP contribution in [-0.2, 0) is 13.6 Å². The first kappa shape index (κ1) is 21.5. The second kappa shape index (κ2) is 7.89. The van der Waals surface area contributed by atoms with Gasteiger partial charge >= 0.3 is 0 Å². The van der Waals surface area contributed by atoms with Crippen molar-refractivity contribution in [3.05, 3.63) is 64.3 Å². The van der Waals surface area contributed by atoms with Gasteiger partial charge in [0.05, 0.1) is 4.92 Å². The van der Waals surface area contributed by atoms with Gasteiger partial charge in [-0.05, 0) is 67.9 Å². The van der Waals surface area contributed by atoms with Crippen molar-refractivity contribution in [2.75, 3.05) is 0 Å². The maximum Gasteiger partial charge on any atom is 0.270 e. The molecular weight excluding hydrogens is 422 g/mol. The van der Waals surface area contributed by atoms with Gasteiger partial charge in [-0.15, -0.1) is 12.4 Å². The summed E-state index contributed by atoms with van der Waals surface area (Å²) in [6.45, 7) is 0.801. The molecule has 168 valence electrons. The second-order valence-corrected chi connectivity index (χ2v) is 10.3. The van der Waals surface area contributed by atoms with E-state index in [4.69, 9.17) is 0 Å². The summed E-state index contributed by atoms with van der Waals surface area (Å²) in [5.74, 6) is 2.72. The Morgan fingerprint density at radius 1 is 1.03 bits per heavy atom. The van der Waals surface area contributed by atoms with Crippen LogP contribution in [0.3, 0.4) is 0 Å². The molecule has 32 heavy (non-hydrogen) atoms. The lowest BCUT2D eigenvalue weighted by Gasteiger charge is -2.57. The predicted molar refractivity (Wildman–Crippen MR) is 130 cm³/mol. The molecule has 3 aromatic rings. The average Bonchev–Trinajstić information content (AvgIpc) is 3.03. The van der Waals surface area contributed by atoms with E-state index < -0.39 is 0 Å². The first-order valence-corrected chi connectivity index (χ1v) is 11.6. The summed E-state index contributed by atoms with van der Waals surface area (Å²) in [6, 6.07) is 15.6. The fourth-order valence-electron chi connectivity index (χ4n) is 7.33. The number of hydrogen-bond donors (Lipinski definition) is 1. The van der Waals surface area contributed by atoms with Crippen molar-refractivity contribution in [2.24, 2.45) is 24.8 Å². The molecular formula is C26H30ClN3O2. The Kier molecular flexibility index (Phi) is 5.30. The molecule has 2 aromatic carbocycles. The topological polar surface area (TPSA) is 60.1 Å².